The Labute approximate surface area is 118 Å². The first-order chi connectivity index (χ1) is 8.75. The molecule has 2 rings (SSSR count). The summed E-state index contributed by atoms with van der Waals surface area (Å²) in [6.45, 7) is 8.45. The quantitative estimate of drug-likeness (QED) is 0.824. The Morgan fingerprint density at radius 2 is 1.95 bits per heavy atom. The topological polar surface area (TPSA) is 83.4 Å². The monoisotopic (exact) mass is 281 g/mol. The second kappa shape index (κ2) is 4.90. The molecule has 19 heavy (non-hydrogen) atoms. The lowest BCUT2D eigenvalue weighted by molar-refractivity contribution is 0.00578. The number of hydrogen-bond donors (Lipinski definition) is 2. The first-order valence-corrected chi connectivity index (χ1v) is 7.04. The highest BCUT2D eigenvalue weighted by Crippen LogP contribution is 2.38. The Kier molecular flexibility index (Phi) is 3.75. The van der Waals surface area contributed by atoms with E-state index in [1.54, 1.807) is 6.20 Å². The number of rotatable bonds is 3. The van der Waals surface area contributed by atoms with E-state index in [-0.39, 0.29) is 11.2 Å². The molecule has 4 N–H and O–H groups in total. The summed E-state index contributed by atoms with van der Waals surface area (Å²) in [7, 11) is -0.418. The van der Waals surface area contributed by atoms with Gasteiger partial charge in [0, 0.05) is 17.6 Å². The van der Waals surface area contributed by atoms with E-state index in [0.29, 0.717) is 11.7 Å². The molecule has 0 spiro atoms. The molecule has 0 unspecified atom stereocenters. The minimum absolute atomic E-state index is 0.362. The van der Waals surface area contributed by atoms with Gasteiger partial charge >= 0.3 is 7.12 Å². The number of aromatic nitrogens is 1. The third kappa shape index (κ3) is 2.84. The number of thiazole rings is 1. The molecule has 5 nitrogen and oxygen atoms in total. The second-order valence-corrected chi connectivity index (χ2v) is 6.71. The highest BCUT2D eigenvalue weighted by Gasteiger charge is 2.52. The average Bonchev–Trinajstić information content (AvgIpc) is 2.78. The Morgan fingerprint density at radius 3 is 2.37 bits per heavy atom. The van der Waals surface area contributed by atoms with Gasteiger partial charge in [0.2, 0.25) is 0 Å². The molecule has 0 saturated carbocycles. The van der Waals surface area contributed by atoms with Gasteiger partial charge in [-0.15, -0.1) is 0 Å². The van der Waals surface area contributed by atoms with Crippen LogP contribution in [-0.4, -0.2) is 29.8 Å². The van der Waals surface area contributed by atoms with Gasteiger partial charge < -0.3 is 20.8 Å². The molecular weight excluding hydrogens is 261 g/mol. The maximum absolute atomic E-state index is 5.98. The average molecular weight is 281 g/mol. The maximum atomic E-state index is 5.98. The fourth-order valence-corrected chi connectivity index (χ4v) is 2.43. The Balaban J connectivity index is 2.23. The second-order valence-electron chi connectivity index (χ2n) is 5.61. The van der Waals surface area contributed by atoms with Gasteiger partial charge in [0.25, 0.3) is 0 Å². The molecule has 0 aromatic carbocycles. The molecule has 0 amide bonds. The number of nitrogen functional groups attached to an aromatic ring is 1. The third-order valence-corrected chi connectivity index (χ3v) is 4.43. The molecule has 0 radical (unpaired) electrons. The van der Waals surface area contributed by atoms with Crippen molar-refractivity contribution in [3.63, 3.8) is 0 Å². The Hall–Kier alpha value is -0.885. The van der Waals surface area contributed by atoms with Gasteiger partial charge in [0.05, 0.1) is 11.2 Å². The summed E-state index contributed by atoms with van der Waals surface area (Å²) in [5.41, 5.74) is 11.6. The molecule has 0 atom stereocenters. The van der Waals surface area contributed by atoms with Gasteiger partial charge in [-0.3, -0.25) is 0 Å². The van der Waals surface area contributed by atoms with E-state index in [9.17, 15) is 0 Å². The van der Waals surface area contributed by atoms with Gasteiger partial charge in [-0.05, 0) is 39.2 Å². The molecule has 0 bridgehead atoms. The SMILES string of the molecule is CC1(C)OB(C(=Cc2cnc(N)s2)CN)OC1(C)C. The molecule has 104 valence electrons. The van der Waals surface area contributed by atoms with Gasteiger partial charge in [-0.25, -0.2) is 4.98 Å². The summed E-state index contributed by atoms with van der Waals surface area (Å²) in [6.07, 6.45) is 3.66. The molecule has 0 aliphatic carbocycles. The first kappa shape index (κ1) is 14.5. The zero-order valence-electron chi connectivity index (χ0n) is 11.8. The molecule has 2 heterocycles. The van der Waals surface area contributed by atoms with E-state index in [0.717, 1.165) is 10.3 Å². The van der Waals surface area contributed by atoms with Crippen LogP contribution in [0.5, 0.6) is 0 Å². The van der Waals surface area contributed by atoms with Gasteiger partial charge in [0.15, 0.2) is 5.13 Å². The van der Waals surface area contributed by atoms with Crippen molar-refractivity contribution in [2.24, 2.45) is 5.73 Å². The molecule has 1 aromatic heterocycles. The predicted molar refractivity (Wildman–Crippen MR) is 79.6 cm³/mol. The number of nitrogens with zero attached hydrogens (tertiary/aromatic N) is 1. The summed E-state index contributed by atoms with van der Waals surface area (Å²) in [6, 6.07) is 0. The summed E-state index contributed by atoms with van der Waals surface area (Å²) in [5, 5.41) is 0.538. The fraction of sp³-hybridized carbons (Fsp3) is 0.583. The van der Waals surface area contributed by atoms with Crippen molar-refractivity contribution in [3.8, 4) is 0 Å². The van der Waals surface area contributed by atoms with Crippen LogP contribution < -0.4 is 11.5 Å². The predicted octanol–water partition coefficient (Wildman–Crippen LogP) is 1.70. The minimum atomic E-state index is -0.418. The zero-order chi connectivity index (χ0) is 14.3. The fourth-order valence-electron chi connectivity index (χ4n) is 1.77. The van der Waals surface area contributed by atoms with Crippen LogP contribution in [0.15, 0.2) is 11.7 Å². The summed E-state index contributed by atoms with van der Waals surface area (Å²) in [5.74, 6) is 0. The standard InChI is InChI=1S/C12H20BN3O2S/c1-11(2)12(3,4)18-13(17-11)8(6-14)5-9-7-16-10(15)19-9/h5,7H,6,14H2,1-4H3,(H2,15,16). The van der Waals surface area contributed by atoms with E-state index in [1.807, 2.05) is 33.8 Å². The lowest BCUT2D eigenvalue weighted by Gasteiger charge is -2.32. The van der Waals surface area contributed by atoms with E-state index in [2.05, 4.69) is 4.98 Å². The summed E-state index contributed by atoms with van der Waals surface area (Å²) in [4.78, 5) is 4.97. The molecule has 7 heteroatoms. The van der Waals surface area contributed by atoms with Crippen LogP contribution in [0, 0.1) is 0 Å². The molecule has 1 aliphatic rings. The van der Waals surface area contributed by atoms with Crippen LogP contribution in [0.3, 0.4) is 0 Å². The number of nitrogens with two attached hydrogens (primary N) is 2. The van der Waals surface area contributed by atoms with Crippen LogP contribution in [0.1, 0.15) is 32.6 Å². The van der Waals surface area contributed by atoms with Crippen molar-refractivity contribution in [3.05, 3.63) is 16.5 Å². The van der Waals surface area contributed by atoms with Gasteiger partial charge in [0.1, 0.15) is 0 Å². The smallest absolute Gasteiger partial charge is 0.400 e. The normalized spacial score (nSPS) is 21.9. The van der Waals surface area contributed by atoms with Crippen molar-refractivity contribution < 1.29 is 9.31 Å². The lowest BCUT2D eigenvalue weighted by atomic mass is 9.78. The molecule has 1 saturated heterocycles. The minimum Gasteiger partial charge on any atom is -0.400 e. The van der Waals surface area contributed by atoms with Crippen molar-refractivity contribution >= 4 is 29.7 Å². The number of anilines is 1. The van der Waals surface area contributed by atoms with Gasteiger partial charge in [-0.2, -0.15) is 0 Å². The highest BCUT2D eigenvalue weighted by atomic mass is 32.1. The van der Waals surface area contributed by atoms with E-state index in [1.165, 1.54) is 11.3 Å². The van der Waals surface area contributed by atoms with E-state index < -0.39 is 7.12 Å². The van der Waals surface area contributed by atoms with Crippen molar-refractivity contribution in [2.75, 3.05) is 12.3 Å². The molecule has 1 aromatic rings. The Bertz CT molecular complexity index is 483. The van der Waals surface area contributed by atoms with Crippen molar-refractivity contribution in [1.29, 1.82) is 0 Å². The third-order valence-electron chi connectivity index (χ3n) is 3.66. The van der Waals surface area contributed by atoms with E-state index >= 15 is 0 Å². The van der Waals surface area contributed by atoms with Crippen LogP contribution in [0.25, 0.3) is 6.08 Å². The summed E-state index contributed by atoms with van der Waals surface area (Å²) < 4.78 is 12.0. The largest absolute Gasteiger partial charge is 0.491 e. The highest BCUT2D eigenvalue weighted by molar-refractivity contribution is 7.16. The molecule has 1 aliphatic heterocycles. The molecular formula is C12H20BN3O2S. The van der Waals surface area contributed by atoms with Crippen LogP contribution >= 0.6 is 11.3 Å². The van der Waals surface area contributed by atoms with Crippen molar-refractivity contribution in [2.45, 2.75) is 38.9 Å². The van der Waals surface area contributed by atoms with E-state index in [4.69, 9.17) is 20.8 Å². The van der Waals surface area contributed by atoms with Gasteiger partial charge in [-0.1, -0.05) is 11.3 Å². The number of hydrogen-bond acceptors (Lipinski definition) is 6. The zero-order valence-corrected chi connectivity index (χ0v) is 12.6. The summed E-state index contributed by atoms with van der Waals surface area (Å²) >= 11 is 1.41. The maximum Gasteiger partial charge on any atom is 0.491 e. The van der Waals surface area contributed by atoms with Crippen LogP contribution in [0.4, 0.5) is 5.13 Å². The molecule has 1 fully saturated rings. The lowest BCUT2D eigenvalue weighted by Crippen LogP contribution is -2.41. The Morgan fingerprint density at radius 1 is 1.37 bits per heavy atom. The van der Waals surface area contributed by atoms with Crippen LogP contribution in [-0.2, 0) is 9.31 Å². The van der Waals surface area contributed by atoms with Crippen molar-refractivity contribution in [1.82, 2.24) is 4.98 Å². The van der Waals surface area contributed by atoms with Crippen LogP contribution in [0.2, 0.25) is 0 Å². The first-order valence-electron chi connectivity index (χ1n) is 6.22.